The van der Waals surface area contributed by atoms with Gasteiger partial charge in [-0.1, -0.05) is 11.6 Å². The zero-order valence-corrected chi connectivity index (χ0v) is 12.1. The van der Waals surface area contributed by atoms with Crippen LogP contribution in [0, 0.1) is 0 Å². The molecule has 2 aromatic heterocycles. The lowest BCUT2D eigenvalue weighted by molar-refractivity contribution is 0.0697. The molecule has 0 fully saturated rings. The molecule has 0 atom stereocenters. The molecule has 0 unspecified atom stereocenters. The van der Waals surface area contributed by atoms with E-state index in [2.05, 4.69) is 15.0 Å². The summed E-state index contributed by atoms with van der Waals surface area (Å²) in [4.78, 5) is 23.5. The number of carboxylic acids is 1. The molecule has 5 nitrogen and oxygen atoms in total. The molecule has 7 heteroatoms. The average Bonchev–Trinajstić information content (AvgIpc) is 2.49. The molecule has 0 saturated heterocycles. The van der Waals surface area contributed by atoms with E-state index in [9.17, 15) is 4.79 Å². The van der Waals surface area contributed by atoms with Gasteiger partial charge in [-0.25, -0.2) is 19.7 Å². The Morgan fingerprint density at radius 3 is 2.71 bits per heavy atom. The Balaban J connectivity index is 2.02. The molecule has 21 heavy (non-hydrogen) atoms. The van der Waals surface area contributed by atoms with Crippen molar-refractivity contribution in [3.05, 3.63) is 53.4 Å². The Morgan fingerprint density at radius 2 is 2.00 bits per heavy atom. The number of fused-ring (bicyclic) bond motifs is 1. The molecule has 3 rings (SSSR count). The van der Waals surface area contributed by atoms with Crippen molar-refractivity contribution in [1.29, 1.82) is 0 Å². The van der Waals surface area contributed by atoms with Crippen LogP contribution in [0.4, 0.5) is 0 Å². The highest BCUT2D eigenvalue weighted by Crippen LogP contribution is 2.30. The van der Waals surface area contributed by atoms with Crippen molar-refractivity contribution in [1.82, 2.24) is 15.0 Å². The second kappa shape index (κ2) is 5.67. The molecule has 1 aromatic carbocycles. The molecule has 0 aliphatic rings. The molecule has 104 valence electrons. The molecule has 0 aliphatic heterocycles. The van der Waals surface area contributed by atoms with Crippen molar-refractivity contribution in [2.75, 3.05) is 0 Å². The quantitative estimate of drug-likeness (QED) is 0.745. The van der Waals surface area contributed by atoms with Crippen molar-refractivity contribution < 1.29 is 9.90 Å². The number of carboxylic acid groups (broad SMARTS) is 1. The molecule has 0 spiro atoms. The fraction of sp³-hybridized carbons (Fsp3) is 0. The number of halogens is 1. The Labute approximate surface area is 129 Å². The van der Waals surface area contributed by atoms with Crippen LogP contribution in [0.15, 0.2) is 52.9 Å². The van der Waals surface area contributed by atoms with Gasteiger partial charge in [0.05, 0.1) is 16.1 Å². The molecule has 0 aliphatic carbocycles. The number of aromatic nitrogens is 3. The number of hydrogen-bond donors (Lipinski definition) is 1. The third-order valence-corrected chi connectivity index (χ3v) is 3.94. The van der Waals surface area contributed by atoms with Crippen molar-refractivity contribution >= 4 is 40.2 Å². The fourth-order valence-electron chi connectivity index (χ4n) is 1.77. The molecule has 0 radical (unpaired) electrons. The first-order chi connectivity index (χ1) is 10.1. The first kappa shape index (κ1) is 13.8. The fourth-order valence-corrected chi connectivity index (χ4v) is 2.70. The van der Waals surface area contributed by atoms with Crippen LogP contribution in [-0.2, 0) is 0 Å². The standard InChI is InChI=1S/C14H8ClN3O2S/c15-9-2-4-12(16-6-9)21-13-10-3-1-8(14(19)20)5-11(10)17-7-18-13/h1-7H,(H,19,20). The monoisotopic (exact) mass is 317 g/mol. The number of carbonyl (C=O) groups is 1. The van der Waals surface area contributed by atoms with Crippen LogP contribution in [0.3, 0.4) is 0 Å². The van der Waals surface area contributed by atoms with Crippen LogP contribution < -0.4 is 0 Å². The highest BCUT2D eigenvalue weighted by Gasteiger charge is 2.09. The first-order valence-electron chi connectivity index (χ1n) is 5.91. The van der Waals surface area contributed by atoms with Gasteiger partial charge in [-0.2, -0.15) is 0 Å². The molecule has 3 aromatic rings. The van der Waals surface area contributed by atoms with Gasteiger partial charge in [-0.15, -0.1) is 0 Å². The summed E-state index contributed by atoms with van der Waals surface area (Å²) in [6.07, 6.45) is 2.97. The van der Waals surface area contributed by atoms with E-state index in [-0.39, 0.29) is 5.56 Å². The van der Waals surface area contributed by atoms with Gasteiger partial charge in [0, 0.05) is 11.6 Å². The second-order valence-corrected chi connectivity index (χ2v) is 5.58. The zero-order valence-electron chi connectivity index (χ0n) is 10.5. The van der Waals surface area contributed by atoms with Crippen LogP contribution in [0.2, 0.25) is 5.02 Å². The summed E-state index contributed by atoms with van der Waals surface area (Å²) >= 11 is 7.18. The van der Waals surface area contributed by atoms with Crippen LogP contribution in [0.25, 0.3) is 10.9 Å². The Morgan fingerprint density at radius 1 is 1.14 bits per heavy atom. The van der Waals surface area contributed by atoms with E-state index in [0.29, 0.717) is 15.6 Å². The Kier molecular flexibility index (Phi) is 3.72. The van der Waals surface area contributed by atoms with E-state index in [1.807, 2.05) is 0 Å². The summed E-state index contributed by atoms with van der Waals surface area (Å²) in [6, 6.07) is 8.32. The largest absolute Gasteiger partial charge is 0.478 e. The molecular weight excluding hydrogens is 310 g/mol. The lowest BCUT2D eigenvalue weighted by atomic mass is 10.1. The van der Waals surface area contributed by atoms with Crippen molar-refractivity contribution in [3.8, 4) is 0 Å². The number of pyridine rings is 1. The molecule has 0 bridgehead atoms. The number of benzene rings is 1. The summed E-state index contributed by atoms with van der Waals surface area (Å²) in [7, 11) is 0. The maximum absolute atomic E-state index is 11.0. The molecule has 2 heterocycles. The smallest absolute Gasteiger partial charge is 0.335 e. The zero-order chi connectivity index (χ0) is 14.8. The van der Waals surface area contributed by atoms with Gasteiger partial charge in [0.15, 0.2) is 0 Å². The summed E-state index contributed by atoms with van der Waals surface area (Å²) in [5.74, 6) is -0.982. The maximum atomic E-state index is 11.0. The Bertz CT molecular complexity index is 824. The predicted octanol–water partition coefficient (Wildman–Crippen LogP) is 3.53. The van der Waals surface area contributed by atoms with Crippen LogP contribution in [0.5, 0.6) is 0 Å². The van der Waals surface area contributed by atoms with Crippen molar-refractivity contribution in [3.63, 3.8) is 0 Å². The maximum Gasteiger partial charge on any atom is 0.335 e. The van der Waals surface area contributed by atoms with Gasteiger partial charge in [0.1, 0.15) is 16.4 Å². The van der Waals surface area contributed by atoms with E-state index in [1.54, 1.807) is 24.4 Å². The van der Waals surface area contributed by atoms with Gasteiger partial charge in [0.25, 0.3) is 0 Å². The number of hydrogen-bond acceptors (Lipinski definition) is 5. The highest BCUT2D eigenvalue weighted by molar-refractivity contribution is 7.99. The third-order valence-electron chi connectivity index (χ3n) is 2.75. The SMILES string of the molecule is O=C(O)c1ccc2c(Sc3ccc(Cl)cn3)ncnc2c1. The van der Waals surface area contributed by atoms with E-state index in [1.165, 1.54) is 30.2 Å². The van der Waals surface area contributed by atoms with Gasteiger partial charge in [-0.3, -0.25) is 0 Å². The molecular formula is C14H8ClN3O2S. The van der Waals surface area contributed by atoms with E-state index < -0.39 is 5.97 Å². The molecule has 0 saturated carbocycles. The van der Waals surface area contributed by atoms with Gasteiger partial charge in [-0.05, 0) is 42.1 Å². The van der Waals surface area contributed by atoms with Gasteiger partial charge in [0.2, 0.25) is 0 Å². The van der Waals surface area contributed by atoms with E-state index in [4.69, 9.17) is 16.7 Å². The predicted molar refractivity (Wildman–Crippen MR) is 79.9 cm³/mol. The average molecular weight is 318 g/mol. The van der Waals surface area contributed by atoms with Crippen LogP contribution in [-0.4, -0.2) is 26.0 Å². The minimum Gasteiger partial charge on any atom is -0.478 e. The third kappa shape index (κ3) is 2.96. The number of nitrogens with zero attached hydrogens (tertiary/aromatic N) is 3. The van der Waals surface area contributed by atoms with E-state index >= 15 is 0 Å². The van der Waals surface area contributed by atoms with Crippen molar-refractivity contribution in [2.45, 2.75) is 10.1 Å². The summed E-state index contributed by atoms with van der Waals surface area (Å²) in [6.45, 7) is 0. The molecule has 0 amide bonds. The summed E-state index contributed by atoms with van der Waals surface area (Å²) in [5.41, 5.74) is 0.781. The summed E-state index contributed by atoms with van der Waals surface area (Å²) in [5, 5.41) is 11.8. The van der Waals surface area contributed by atoms with Gasteiger partial charge < -0.3 is 5.11 Å². The number of rotatable bonds is 3. The second-order valence-electron chi connectivity index (χ2n) is 4.13. The lowest BCUT2D eigenvalue weighted by Gasteiger charge is -2.05. The van der Waals surface area contributed by atoms with E-state index in [0.717, 1.165) is 10.4 Å². The summed E-state index contributed by atoms with van der Waals surface area (Å²) < 4.78 is 0. The highest BCUT2D eigenvalue weighted by atomic mass is 35.5. The van der Waals surface area contributed by atoms with Gasteiger partial charge >= 0.3 is 5.97 Å². The lowest BCUT2D eigenvalue weighted by Crippen LogP contribution is -1.97. The normalized spacial score (nSPS) is 10.7. The van der Waals surface area contributed by atoms with Crippen LogP contribution >= 0.6 is 23.4 Å². The molecule has 1 N–H and O–H groups in total. The number of aromatic carboxylic acids is 1. The van der Waals surface area contributed by atoms with Crippen molar-refractivity contribution in [2.24, 2.45) is 0 Å². The first-order valence-corrected chi connectivity index (χ1v) is 7.10. The van der Waals surface area contributed by atoms with Crippen LogP contribution in [0.1, 0.15) is 10.4 Å². The minimum atomic E-state index is -0.982. The topological polar surface area (TPSA) is 76.0 Å². The minimum absolute atomic E-state index is 0.196. The Hall–Kier alpha value is -2.18.